The summed E-state index contributed by atoms with van der Waals surface area (Å²) in [6.45, 7) is 4.12. The van der Waals surface area contributed by atoms with Crippen LogP contribution in [0.25, 0.3) is 0 Å². The molecule has 26 heavy (non-hydrogen) atoms. The summed E-state index contributed by atoms with van der Waals surface area (Å²) in [5, 5.41) is 11.5. The summed E-state index contributed by atoms with van der Waals surface area (Å²) < 4.78 is 16.0. The van der Waals surface area contributed by atoms with E-state index in [1.165, 1.54) is 12.1 Å². The fourth-order valence-corrected chi connectivity index (χ4v) is 2.18. The van der Waals surface area contributed by atoms with Gasteiger partial charge in [-0.1, -0.05) is 0 Å². The first-order valence-corrected chi connectivity index (χ1v) is 8.19. The van der Waals surface area contributed by atoms with Crippen LogP contribution in [0, 0.1) is 0 Å². The fraction of sp³-hybridized carbons (Fsp3) is 0.263. The Hall–Kier alpha value is -3.22. The minimum atomic E-state index is -1.09. The number of rotatable bonds is 9. The van der Waals surface area contributed by atoms with Crippen molar-refractivity contribution in [3.63, 3.8) is 0 Å². The highest BCUT2D eigenvalue weighted by Crippen LogP contribution is 2.29. The summed E-state index contributed by atoms with van der Waals surface area (Å²) in [5.41, 5.74) is 0.993. The first-order valence-electron chi connectivity index (χ1n) is 8.19. The monoisotopic (exact) mass is 359 g/mol. The lowest BCUT2D eigenvalue weighted by Gasteiger charge is -2.12. The molecule has 1 amide bonds. The van der Waals surface area contributed by atoms with Crippen molar-refractivity contribution in [1.29, 1.82) is 0 Å². The maximum absolute atomic E-state index is 12.4. The predicted octanol–water partition coefficient (Wildman–Crippen LogP) is 3.20. The molecular weight excluding hydrogens is 338 g/mol. The van der Waals surface area contributed by atoms with Crippen LogP contribution in [-0.4, -0.2) is 36.8 Å². The van der Waals surface area contributed by atoms with Gasteiger partial charge in [-0.25, -0.2) is 4.79 Å². The Kier molecular flexibility index (Phi) is 6.84. The molecule has 0 saturated carbocycles. The second-order valence-corrected chi connectivity index (χ2v) is 5.19. The van der Waals surface area contributed by atoms with E-state index in [0.29, 0.717) is 30.2 Å². The Morgan fingerprint density at radius 1 is 0.923 bits per heavy atom. The zero-order valence-corrected chi connectivity index (χ0v) is 14.7. The van der Waals surface area contributed by atoms with Gasteiger partial charge in [-0.2, -0.15) is 0 Å². The molecular formula is C19H21NO6. The second kappa shape index (κ2) is 9.31. The van der Waals surface area contributed by atoms with Crippen LogP contribution in [-0.2, 0) is 4.79 Å². The summed E-state index contributed by atoms with van der Waals surface area (Å²) in [7, 11) is 0. The lowest BCUT2D eigenvalue weighted by molar-refractivity contribution is -0.139. The fourth-order valence-electron chi connectivity index (χ4n) is 2.18. The molecule has 0 atom stereocenters. The van der Waals surface area contributed by atoms with E-state index in [2.05, 4.69) is 5.32 Å². The van der Waals surface area contributed by atoms with E-state index in [4.69, 9.17) is 19.3 Å². The van der Waals surface area contributed by atoms with Crippen molar-refractivity contribution in [3.8, 4) is 17.2 Å². The van der Waals surface area contributed by atoms with Crippen molar-refractivity contribution in [1.82, 2.24) is 0 Å². The molecule has 0 aliphatic carbocycles. The lowest BCUT2D eigenvalue weighted by atomic mass is 10.1. The number of amides is 1. The number of anilines is 1. The van der Waals surface area contributed by atoms with Crippen molar-refractivity contribution in [2.75, 3.05) is 25.1 Å². The quantitative estimate of drug-likeness (QED) is 0.714. The number of ether oxygens (including phenoxy) is 3. The molecule has 0 aliphatic rings. The lowest BCUT2D eigenvalue weighted by Crippen LogP contribution is -2.13. The number of benzene rings is 2. The molecule has 0 unspecified atom stereocenters. The van der Waals surface area contributed by atoms with Gasteiger partial charge in [-0.15, -0.1) is 0 Å². The van der Waals surface area contributed by atoms with Crippen LogP contribution >= 0.6 is 0 Å². The minimum absolute atomic E-state index is 0.270. The van der Waals surface area contributed by atoms with E-state index in [0.717, 1.165) is 5.75 Å². The van der Waals surface area contributed by atoms with Gasteiger partial charge < -0.3 is 24.6 Å². The molecule has 2 N–H and O–H groups in total. The highest BCUT2D eigenvalue weighted by Gasteiger charge is 2.13. The Labute approximate surface area is 151 Å². The summed E-state index contributed by atoms with van der Waals surface area (Å²) in [4.78, 5) is 23.1. The molecule has 0 fully saturated rings. The molecule has 2 aromatic carbocycles. The first-order chi connectivity index (χ1) is 12.5. The van der Waals surface area contributed by atoms with E-state index in [-0.39, 0.29) is 11.7 Å². The number of carboxylic acids is 1. The molecule has 2 rings (SSSR count). The summed E-state index contributed by atoms with van der Waals surface area (Å²) in [6.07, 6.45) is 0. The highest BCUT2D eigenvalue weighted by atomic mass is 16.5. The zero-order valence-electron chi connectivity index (χ0n) is 14.7. The number of carboxylic acid groups (broad SMARTS) is 1. The van der Waals surface area contributed by atoms with Crippen LogP contribution in [0.5, 0.6) is 17.2 Å². The maximum atomic E-state index is 12.4. The van der Waals surface area contributed by atoms with Crippen LogP contribution in [0.3, 0.4) is 0 Å². The molecule has 0 aliphatic heterocycles. The Morgan fingerprint density at radius 3 is 2.23 bits per heavy atom. The van der Waals surface area contributed by atoms with Crippen LogP contribution in [0.4, 0.5) is 5.69 Å². The number of aliphatic carboxylic acids is 1. The van der Waals surface area contributed by atoms with Crippen LogP contribution in [0.1, 0.15) is 24.2 Å². The van der Waals surface area contributed by atoms with Crippen molar-refractivity contribution in [2.45, 2.75) is 13.8 Å². The van der Waals surface area contributed by atoms with Gasteiger partial charge in [0.25, 0.3) is 5.91 Å². The number of hydrogen-bond donors (Lipinski definition) is 2. The largest absolute Gasteiger partial charge is 0.494 e. The normalized spacial score (nSPS) is 10.1. The molecule has 0 spiro atoms. The molecule has 138 valence electrons. The topological polar surface area (TPSA) is 94.1 Å². The first kappa shape index (κ1) is 19.1. The van der Waals surface area contributed by atoms with Crippen molar-refractivity contribution in [2.24, 2.45) is 0 Å². The van der Waals surface area contributed by atoms with Gasteiger partial charge in [0.2, 0.25) is 0 Å². The van der Waals surface area contributed by atoms with Crippen LogP contribution < -0.4 is 19.5 Å². The maximum Gasteiger partial charge on any atom is 0.341 e. The van der Waals surface area contributed by atoms with Crippen LogP contribution in [0.2, 0.25) is 0 Å². The molecule has 0 heterocycles. The number of carbonyl (C=O) groups excluding carboxylic acids is 1. The Balaban J connectivity index is 2.12. The average Bonchev–Trinajstić information content (AvgIpc) is 2.62. The molecule has 0 saturated heterocycles. The van der Waals surface area contributed by atoms with Crippen molar-refractivity contribution in [3.05, 3.63) is 48.0 Å². The van der Waals surface area contributed by atoms with Gasteiger partial charge in [-0.05, 0) is 56.3 Å². The smallest absolute Gasteiger partial charge is 0.341 e. The van der Waals surface area contributed by atoms with Gasteiger partial charge >= 0.3 is 5.97 Å². The van der Waals surface area contributed by atoms with E-state index in [1.54, 1.807) is 37.3 Å². The van der Waals surface area contributed by atoms with Crippen LogP contribution in [0.15, 0.2) is 42.5 Å². The van der Waals surface area contributed by atoms with Gasteiger partial charge in [0, 0.05) is 11.3 Å². The van der Waals surface area contributed by atoms with Gasteiger partial charge in [0.1, 0.15) is 5.75 Å². The number of hydrogen-bond acceptors (Lipinski definition) is 5. The molecule has 7 nitrogen and oxygen atoms in total. The SMILES string of the molecule is CCOc1ccc(NC(=O)c2ccc(OCC(=O)O)c(OCC)c2)cc1. The predicted molar refractivity (Wildman–Crippen MR) is 96.3 cm³/mol. The minimum Gasteiger partial charge on any atom is -0.494 e. The van der Waals surface area contributed by atoms with E-state index in [1.807, 2.05) is 6.92 Å². The number of carbonyl (C=O) groups is 2. The third kappa shape index (κ3) is 5.41. The average molecular weight is 359 g/mol. The highest BCUT2D eigenvalue weighted by molar-refractivity contribution is 6.04. The third-order valence-electron chi connectivity index (χ3n) is 3.28. The van der Waals surface area contributed by atoms with Gasteiger partial charge in [-0.3, -0.25) is 4.79 Å². The zero-order chi connectivity index (χ0) is 18.9. The second-order valence-electron chi connectivity index (χ2n) is 5.19. The molecule has 0 bridgehead atoms. The Bertz CT molecular complexity index is 757. The van der Waals surface area contributed by atoms with Gasteiger partial charge in [0.15, 0.2) is 18.1 Å². The van der Waals surface area contributed by atoms with Crippen molar-refractivity contribution >= 4 is 17.6 Å². The summed E-state index contributed by atoms with van der Waals surface area (Å²) in [6, 6.07) is 11.6. The summed E-state index contributed by atoms with van der Waals surface area (Å²) >= 11 is 0. The van der Waals surface area contributed by atoms with Gasteiger partial charge in [0.05, 0.1) is 13.2 Å². The summed E-state index contributed by atoms with van der Waals surface area (Å²) in [5.74, 6) is -0.103. The standard InChI is InChI=1S/C19H21NO6/c1-3-24-15-8-6-14(7-9-15)20-19(23)13-5-10-16(26-12-18(21)22)17(11-13)25-4-2/h5-11H,3-4,12H2,1-2H3,(H,20,23)(H,21,22). The molecule has 7 heteroatoms. The molecule has 2 aromatic rings. The Morgan fingerprint density at radius 2 is 1.62 bits per heavy atom. The van der Waals surface area contributed by atoms with E-state index < -0.39 is 12.6 Å². The third-order valence-corrected chi connectivity index (χ3v) is 3.28. The molecule has 0 aromatic heterocycles. The van der Waals surface area contributed by atoms with E-state index >= 15 is 0 Å². The van der Waals surface area contributed by atoms with Crippen molar-refractivity contribution < 1.29 is 28.9 Å². The molecule has 0 radical (unpaired) electrons. The van der Waals surface area contributed by atoms with E-state index in [9.17, 15) is 9.59 Å². The number of nitrogens with one attached hydrogen (secondary N) is 1.